The Hall–Kier alpha value is -0.390. The van der Waals surface area contributed by atoms with Gasteiger partial charge in [-0.3, -0.25) is 5.32 Å². The predicted molar refractivity (Wildman–Crippen MR) is 39.4 cm³/mol. The number of hydrogen-bond acceptors (Lipinski definition) is 3. The van der Waals surface area contributed by atoms with Crippen molar-refractivity contribution in [3.05, 3.63) is 0 Å². The van der Waals surface area contributed by atoms with Crippen LogP contribution in [0.2, 0.25) is 0 Å². The van der Waals surface area contributed by atoms with Gasteiger partial charge in [-0.15, -0.1) is 0 Å². The van der Waals surface area contributed by atoms with Crippen LogP contribution in [0.15, 0.2) is 0 Å². The van der Waals surface area contributed by atoms with Crippen molar-refractivity contribution in [2.75, 3.05) is 19.6 Å². The molecule has 0 unspecified atom stereocenters. The van der Waals surface area contributed by atoms with E-state index >= 15 is 0 Å². The Morgan fingerprint density at radius 2 is 2.10 bits per heavy atom. The van der Waals surface area contributed by atoms with Gasteiger partial charge in [-0.1, -0.05) is 0 Å². The maximum Gasteiger partial charge on any atom is 0.229 e. The fourth-order valence-corrected chi connectivity index (χ4v) is 1.26. The largest absolute Gasteiger partial charge is 0.311 e. The van der Waals surface area contributed by atoms with E-state index in [4.69, 9.17) is 0 Å². The Labute approximate surface area is 61.2 Å². The van der Waals surface area contributed by atoms with E-state index in [0.717, 1.165) is 19.5 Å². The third kappa shape index (κ3) is 2.09. The minimum Gasteiger partial charge on any atom is -0.311 e. The lowest BCUT2D eigenvalue weighted by Crippen LogP contribution is -2.30. The normalized spacial score (nSPS) is 20.2. The van der Waals surface area contributed by atoms with Gasteiger partial charge in [0.25, 0.3) is 0 Å². The molecule has 1 aliphatic rings. The molecule has 58 valence electrons. The van der Waals surface area contributed by atoms with Crippen LogP contribution in [0.25, 0.3) is 0 Å². The van der Waals surface area contributed by atoms with Gasteiger partial charge in [-0.2, -0.15) is 8.42 Å². The SMILES string of the molecule is O=S(=O)=C1CNCCCN1. The van der Waals surface area contributed by atoms with E-state index in [9.17, 15) is 8.42 Å². The van der Waals surface area contributed by atoms with Crippen LogP contribution in [0.4, 0.5) is 0 Å². The van der Waals surface area contributed by atoms with Crippen LogP contribution in [-0.2, 0) is 10.3 Å². The Morgan fingerprint density at radius 3 is 2.80 bits per heavy atom. The van der Waals surface area contributed by atoms with E-state index in [1.807, 2.05) is 0 Å². The summed E-state index contributed by atoms with van der Waals surface area (Å²) in [6.45, 7) is 2.07. The van der Waals surface area contributed by atoms with Crippen LogP contribution in [0, 0.1) is 0 Å². The summed E-state index contributed by atoms with van der Waals surface area (Å²) in [5.41, 5.74) is 0. The quantitative estimate of drug-likeness (QED) is 0.429. The topological polar surface area (TPSA) is 58.2 Å². The minimum absolute atomic E-state index is 0.373. The van der Waals surface area contributed by atoms with Crippen LogP contribution in [0.5, 0.6) is 0 Å². The first-order valence-electron chi connectivity index (χ1n) is 3.20. The summed E-state index contributed by atoms with van der Waals surface area (Å²) in [6.07, 6.45) is 0.973. The molecule has 10 heavy (non-hydrogen) atoms. The van der Waals surface area contributed by atoms with Gasteiger partial charge in [-0.05, 0) is 13.0 Å². The molecule has 0 aliphatic carbocycles. The second-order valence-corrected chi connectivity index (χ2v) is 3.08. The van der Waals surface area contributed by atoms with Gasteiger partial charge < -0.3 is 5.32 Å². The molecule has 0 spiro atoms. The molecule has 0 atom stereocenters. The summed E-state index contributed by atoms with van der Waals surface area (Å²) < 4.78 is 20.7. The summed E-state index contributed by atoms with van der Waals surface area (Å²) in [5.74, 6) is 0. The second-order valence-electron chi connectivity index (χ2n) is 2.11. The standard InChI is InChI=1S/C5H10N2O2S/c8-10(9)5-4-6-2-1-3-7-5/h6-7H,1-4H2. The highest BCUT2D eigenvalue weighted by atomic mass is 32.2. The summed E-state index contributed by atoms with van der Waals surface area (Å²) in [4.78, 5) is 0.373. The fraction of sp³-hybridized carbons (Fsp3) is 0.800. The van der Waals surface area contributed by atoms with E-state index in [-0.39, 0.29) is 0 Å². The van der Waals surface area contributed by atoms with E-state index in [0.29, 0.717) is 11.5 Å². The van der Waals surface area contributed by atoms with Crippen molar-refractivity contribution in [1.29, 1.82) is 0 Å². The zero-order chi connectivity index (χ0) is 7.40. The van der Waals surface area contributed by atoms with Gasteiger partial charge in [0.15, 0.2) is 0 Å². The number of nitrogens with one attached hydrogen (secondary N) is 2. The van der Waals surface area contributed by atoms with Gasteiger partial charge in [0, 0.05) is 13.1 Å². The monoisotopic (exact) mass is 162 g/mol. The molecule has 5 heteroatoms. The molecule has 0 amide bonds. The van der Waals surface area contributed by atoms with Gasteiger partial charge >= 0.3 is 0 Å². The third-order valence-electron chi connectivity index (χ3n) is 1.34. The second kappa shape index (κ2) is 3.70. The summed E-state index contributed by atoms with van der Waals surface area (Å²) in [6, 6.07) is 0. The molecule has 1 saturated heterocycles. The van der Waals surface area contributed by atoms with E-state index in [1.54, 1.807) is 0 Å². The Morgan fingerprint density at radius 1 is 1.30 bits per heavy atom. The van der Waals surface area contributed by atoms with Crippen molar-refractivity contribution in [3.63, 3.8) is 0 Å². The molecule has 1 fully saturated rings. The highest BCUT2D eigenvalue weighted by Gasteiger charge is 2.03. The van der Waals surface area contributed by atoms with Crippen LogP contribution in [-0.4, -0.2) is 33.0 Å². The molecule has 2 N–H and O–H groups in total. The van der Waals surface area contributed by atoms with Crippen LogP contribution in [0.1, 0.15) is 6.42 Å². The predicted octanol–water partition coefficient (Wildman–Crippen LogP) is -1.42. The van der Waals surface area contributed by atoms with Gasteiger partial charge in [-0.25, -0.2) is 0 Å². The van der Waals surface area contributed by atoms with Crippen molar-refractivity contribution in [1.82, 2.24) is 10.6 Å². The van der Waals surface area contributed by atoms with Crippen LogP contribution in [0.3, 0.4) is 0 Å². The summed E-state index contributed by atoms with van der Waals surface area (Å²) in [5, 5.41) is 5.81. The first-order chi connectivity index (χ1) is 4.80. The average molecular weight is 162 g/mol. The third-order valence-corrected chi connectivity index (χ3v) is 2.03. The van der Waals surface area contributed by atoms with Crippen molar-refractivity contribution in [2.45, 2.75) is 6.42 Å². The smallest absolute Gasteiger partial charge is 0.229 e. The van der Waals surface area contributed by atoms with E-state index in [1.165, 1.54) is 0 Å². The first-order valence-corrected chi connectivity index (χ1v) is 4.28. The molecule has 0 radical (unpaired) electrons. The highest BCUT2D eigenvalue weighted by Crippen LogP contribution is 1.79. The van der Waals surface area contributed by atoms with E-state index in [2.05, 4.69) is 10.6 Å². The van der Waals surface area contributed by atoms with E-state index < -0.39 is 10.3 Å². The Bertz CT molecular complexity index is 214. The molecule has 1 aliphatic heterocycles. The lowest BCUT2D eigenvalue weighted by molar-refractivity contribution is 0.626. The molecule has 0 aromatic heterocycles. The van der Waals surface area contributed by atoms with Crippen molar-refractivity contribution >= 4 is 15.3 Å². The van der Waals surface area contributed by atoms with Crippen molar-refractivity contribution in [3.8, 4) is 0 Å². The molecule has 1 heterocycles. The lowest BCUT2D eigenvalue weighted by atomic mass is 10.4. The van der Waals surface area contributed by atoms with Gasteiger partial charge in [0.2, 0.25) is 10.3 Å². The van der Waals surface area contributed by atoms with Crippen LogP contribution >= 0.6 is 0 Å². The molecule has 0 saturated carbocycles. The molecule has 0 aromatic carbocycles. The molecular formula is C5H10N2O2S. The minimum atomic E-state index is -2.07. The summed E-state index contributed by atoms with van der Waals surface area (Å²) >= 11 is 0. The Balaban J connectivity index is 2.69. The number of hydrogen-bond donors (Lipinski definition) is 2. The molecular weight excluding hydrogens is 152 g/mol. The maximum absolute atomic E-state index is 10.4. The molecule has 4 nitrogen and oxygen atoms in total. The number of rotatable bonds is 0. The summed E-state index contributed by atoms with van der Waals surface area (Å²) in [7, 11) is -2.07. The first kappa shape index (κ1) is 7.71. The van der Waals surface area contributed by atoms with Gasteiger partial charge in [0.1, 0.15) is 4.99 Å². The Kier molecular flexibility index (Phi) is 2.85. The zero-order valence-electron chi connectivity index (χ0n) is 5.55. The zero-order valence-corrected chi connectivity index (χ0v) is 6.37. The van der Waals surface area contributed by atoms with Crippen molar-refractivity contribution < 1.29 is 8.42 Å². The average Bonchev–Trinajstić information content (AvgIpc) is 2.12. The lowest BCUT2D eigenvalue weighted by Gasteiger charge is -1.95. The molecule has 1 rings (SSSR count). The highest BCUT2D eigenvalue weighted by molar-refractivity contribution is 7.72. The van der Waals surface area contributed by atoms with Gasteiger partial charge in [0.05, 0.1) is 0 Å². The fourth-order valence-electron chi connectivity index (χ4n) is 0.823. The van der Waals surface area contributed by atoms with Crippen LogP contribution < -0.4 is 10.6 Å². The van der Waals surface area contributed by atoms with Crippen molar-refractivity contribution in [2.24, 2.45) is 0 Å². The molecule has 0 aromatic rings. The molecule has 0 bridgehead atoms. The maximum atomic E-state index is 10.4.